The highest BCUT2D eigenvalue weighted by molar-refractivity contribution is 5.56. The zero-order valence-electron chi connectivity index (χ0n) is 12.3. The molecule has 1 heterocycles. The van der Waals surface area contributed by atoms with Gasteiger partial charge in [-0.25, -0.2) is 0 Å². The summed E-state index contributed by atoms with van der Waals surface area (Å²) in [6.07, 6.45) is 5.18. The van der Waals surface area contributed by atoms with E-state index in [0.717, 1.165) is 12.3 Å². The molecule has 0 amide bonds. The number of piperidine rings is 1. The first-order chi connectivity index (χ1) is 7.37. The van der Waals surface area contributed by atoms with Crippen LogP contribution in [0, 0.1) is 5.41 Å². The van der Waals surface area contributed by atoms with Crippen LogP contribution < -0.4 is 0 Å². The molecule has 2 heteroatoms. The van der Waals surface area contributed by atoms with Crippen molar-refractivity contribution >= 4 is 6.29 Å². The number of carbonyl (C=O) groups excluding carboxylic acids is 1. The monoisotopic (exact) mass is 229 g/mol. The van der Waals surface area contributed by atoms with Gasteiger partial charge in [0.25, 0.3) is 0 Å². The van der Waals surface area contributed by atoms with Gasteiger partial charge < -0.3 is 9.69 Å². The Bertz CT molecular complexity index is 151. The zero-order valence-corrected chi connectivity index (χ0v) is 12.3. The summed E-state index contributed by atoms with van der Waals surface area (Å²) in [6.45, 7) is 13.2. The summed E-state index contributed by atoms with van der Waals surface area (Å²) in [5, 5.41) is 0. The topological polar surface area (TPSA) is 20.3 Å². The lowest BCUT2D eigenvalue weighted by atomic mass is 10.0. The van der Waals surface area contributed by atoms with Gasteiger partial charge >= 0.3 is 0 Å². The summed E-state index contributed by atoms with van der Waals surface area (Å²) < 4.78 is 0. The Labute approximate surface area is 102 Å². The second-order valence-electron chi connectivity index (χ2n) is 5.31. The van der Waals surface area contributed by atoms with Crippen molar-refractivity contribution < 1.29 is 4.79 Å². The summed E-state index contributed by atoms with van der Waals surface area (Å²) in [7, 11) is 2.21. The Morgan fingerprint density at radius 2 is 1.62 bits per heavy atom. The number of hydrogen-bond acceptors (Lipinski definition) is 2. The summed E-state index contributed by atoms with van der Waals surface area (Å²) in [5.41, 5.74) is -0.139. The summed E-state index contributed by atoms with van der Waals surface area (Å²) in [6, 6.07) is 0.837. The van der Waals surface area contributed by atoms with E-state index in [1.807, 2.05) is 34.6 Å². The van der Waals surface area contributed by atoms with Gasteiger partial charge in [0, 0.05) is 11.5 Å². The van der Waals surface area contributed by atoms with Gasteiger partial charge in [0.2, 0.25) is 0 Å². The van der Waals surface area contributed by atoms with Crippen molar-refractivity contribution in [1.29, 1.82) is 0 Å². The van der Waals surface area contributed by atoms with E-state index in [-0.39, 0.29) is 5.41 Å². The van der Waals surface area contributed by atoms with E-state index >= 15 is 0 Å². The zero-order chi connectivity index (χ0) is 13.2. The Kier molecular flexibility index (Phi) is 11.1. The second kappa shape index (κ2) is 9.83. The third-order valence-corrected chi connectivity index (χ3v) is 2.49. The third-order valence-electron chi connectivity index (χ3n) is 2.49. The molecule has 1 atom stereocenters. The van der Waals surface area contributed by atoms with Crippen molar-refractivity contribution in [1.82, 2.24) is 4.90 Å². The van der Waals surface area contributed by atoms with Crippen molar-refractivity contribution in [2.24, 2.45) is 5.41 Å². The van der Waals surface area contributed by atoms with Crippen molar-refractivity contribution in [2.75, 3.05) is 13.6 Å². The first-order valence-corrected chi connectivity index (χ1v) is 6.53. The highest BCUT2D eigenvalue weighted by Crippen LogP contribution is 2.13. The molecule has 0 aromatic rings. The van der Waals surface area contributed by atoms with Crippen LogP contribution in [-0.4, -0.2) is 30.8 Å². The minimum absolute atomic E-state index is 0.139. The Hall–Kier alpha value is -0.370. The lowest BCUT2D eigenvalue weighted by molar-refractivity contribution is -0.113. The van der Waals surface area contributed by atoms with E-state index in [0.29, 0.717) is 0 Å². The smallest absolute Gasteiger partial charge is 0.125 e. The standard InChI is InChI=1S/C7H15N.C5H10O.C2H6/c1-7-5-3-4-6-8(7)2;1-5(2,3)4-6;1-2/h7H,3-6H2,1-2H3;4H,1-3H3;1-2H3/t7-;;/m0../s1. The molecule has 0 radical (unpaired) electrons. The van der Waals surface area contributed by atoms with Crippen LogP contribution in [0.3, 0.4) is 0 Å². The van der Waals surface area contributed by atoms with Crippen LogP contribution in [0.2, 0.25) is 0 Å². The van der Waals surface area contributed by atoms with Crippen LogP contribution in [0.15, 0.2) is 0 Å². The fraction of sp³-hybridized carbons (Fsp3) is 0.929. The van der Waals surface area contributed by atoms with Gasteiger partial charge in [-0.05, 0) is 33.4 Å². The van der Waals surface area contributed by atoms with E-state index in [9.17, 15) is 4.79 Å². The van der Waals surface area contributed by atoms with Gasteiger partial charge in [-0.3, -0.25) is 0 Å². The minimum atomic E-state index is -0.139. The maximum absolute atomic E-state index is 9.83. The molecule has 1 aliphatic heterocycles. The molecule has 0 saturated carbocycles. The maximum Gasteiger partial charge on any atom is 0.125 e. The van der Waals surface area contributed by atoms with Crippen LogP contribution in [0.4, 0.5) is 0 Å². The molecule has 0 N–H and O–H groups in total. The summed E-state index contributed by atoms with van der Waals surface area (Å²) in [4.78, 5) is 12.3. The highest BCUT2D eigenvalue weighted by Gasteiger charge is 2.12. The average molecular weight is 229 g/mol. The molecule has 1 rings (SSSR count). The molecule has 0 bridgehead atoms. The second-order valence-corrected chi connectivity index (χ2v) is 5.31. The Morgan fingerprint density at radius 3 is 1.81 bits per heavy atom. The maximum atomic E-state index is 9.83. The van der Waals surface area contributed by atoms with Crippen molar-refractivity contribution in [2.45, 2.75) is 66.8 Å². The van der Waals surface area contributed by atoms with Crippen LogP contribution >= 0.6 is 0 Å². The first-order valence-electron chi connectivity index (χ1n) is 6.53. The molecule has 1 aliphatic rings. The molecule has 0 aromatic heterocycles. The lowest BCUT2D eigenvalue weighted by Crippen LogP contribution is -2.33. The molecular weight excluding hydrogens is 198 g/mol. The van der Waals surface area contributed by atoms with Crippen molar-refractivity contribution in [3.05, 3.63) is 0 Å². The Balaban J connectivity index is 0. The van der Waals surface area contributed by atoms with E-state index in [1.54, 1.807) is 0 Å². The fourth-order valence-corrected chi connectivity index (χ4v) is 1.24. The fourth-order valence-electron chi connectivity index (χ4n) is 1.24. The molecule has 0 spiro atoms. The van der Waals surface area contributed by atoms with Crippen LogP contribution in [0.5, 0.6) is 0 Å². The average Bonchev–Trinajstić information content (AvgIpc) is 2.25. The number of likely N-dealkylation sites (tertiary alicyclic amines) is 1. The van der Waals surface area contributed by atoms with Crippen molar-refractivity contribution in [3.8, 4) is 0 Å². The molecule has 0 unspecified atom stereocenters. The van der Waals surface area contributed by atoms with Gasteiger partial charge in [0.05, 0.1) is 0 Å². The largest absolute Gasteiger partial charge is 0.304 e. The van der Waals surface area contributed by atoms with E-state index in [1.165, 1.54) is 25.8 Å². The van der Waals surface area contributed by atoms with Crippen LogP contribution in [0.1, 0.15) is 60.8 Å². The van der Waals surface area contributed by atoms with Crippen LogP contribution in [-0.2, 0) is 4.79 Å². The molecule has 98 valence electrons. The van der Waals surface area contributed by atoms with Gasteiger partial charge in [-0.2, -0.15) is 0 Å². The number of nitrogens with zero attached hydrogens (tertiary/aromatic N) is 1. The summed E-state index contributed by atoms with van der Waals surface area (Å²) >= 11 is 0. The molecule has 16 heavy (non-hydrogen) atoms. The van der Waals surface area contributed by atoms with Gasteiger partial charge in [0.15, 0.2) is 0 Å². The van der Waals surface area contributed by atoms with Gasteiger partial charge in [-0.1, -0.05) is 41.0 Å². The molecule has 2 nitrogen and oxygen atoms in total. The molecule has 0 aliphatic carbocycles. The predicted octanol–water partition coefficient (Wildman–Crippen LogP) is 3.75. The van der Waals surface area contributed by atoms with Crippen molar-refractivity contribution in [3.63, 3.8) is 0 Å². The lowest BCUT2D eigenvalue weighted by Gasteiger charge is -2.29. The van der Waals surface area contributed by atoms with Crippen LogP contribution in [0.25, 0.3) is 0 Å². The normalized spacial score (nSPS) is 21.1. The molecule has 1 saturated heterocycles. The number of aldehydes is 1. The first kappa shape index (κ1) is 18.0. The quantitative estimate of drug-likeness (QED) is 0.590. The summed E-state index contributed by atoms with van der Waals surface area (Å²) in [5.74, 6) is 0. The van der Waals surface area contributed by atoms with E-state index in [4.69, 9.17) is 0 Å². The number of rotatable bonds is 0. The molecular formula is C14H31NO. The number of carbonyl (C=O) groups is 1. The van der Waals surface area contributed by atoms with Gasteiger partial charge in [0.1, 0.15) is 6.29 Å². The molecule has 0 aromatic carbocycles. The SMILES string of the molecule is CC.CC(C)(C)C=O.C[C@H]1CCCCN1C. The third kappa shape index (κ3) is 11.7. The predicted molar refractivity (Wildman–Crippen MR) is 72.8 cm³/mol. The van der Waals surface area contributed by atoms with Gasteiger partial charge in [-0.15, -0.1) is 0 Å². The number of hydrogen-bond donors (Lipinski definition) is 0. The van der Waals surface area contributed by atoms with E-state index < -0.39 is 0 Å². The highest BCUT2D eigenvalue weighted by atomic mass is 16.1. The molecule has 1 fully saturated rings. The van der Waals surface area contributed by atoms with E-state index in [2.05, 4.69) is 18.9 Å². The Morgan fingerprint density at radius 1 is 1.19 bits per heavy atom. The minimum Gasteiger partial charge on any atom is -0.304 e.